The van der Waals surface area contributed by atoms with E-state index in [2.05, 4.69) is 10.9 Å². The summed E-state index contributed by atoms with van der Waals surface area (Å²) in [5.74, 6) is 3.14. The first-order valence-corrected chi connectivity index (χ1v) is 8.37. The van der Waals surface area contributed by atoms with E-state index in [0.29, 0.717) is 18.0 Å². The lowest BCUT2D eigenvalue weighted by atomic mass is 10.3. The highest BCUT2D eigenvalue weighted by molar-refractivity contribution is 7.16. The van der Waals surface area contributed by atoms with Gasteiger partial charge in [0.15, 0.2) is 4.80 Å². The highest BCUT2D eigenvalue weighted by atomic mass is 32.1. The Balaban J connectivity index is 1.75. The number of amides is 1. The third-order valence-electron chi connectivity index (χ3n) is 3.39. The molecule has 0 bridgehead atoms. The monoisotopic (exact) mass is 336 g/mol. The topological polar surface area (TPSA) is 43.6 Å². The minimum atomic E-state index is -0.219. The minimum Gasteiger partial charge on any atom is -0.493 e. The largest absolute Gasteiger partial charge is 0.493 e. The molecule has 0 radical (unpaired) electrons. The molecule has 4 nitrogen and oxygen atoms in total. The van der Waals surface area contributed by atoms with Crippen molar-refractivity contribution in [3.8, 4) is 18.1 Å². The second-order valence-electron chi connectivity index (χ2n) is 5.06. The number of ether oxygens (including phenoxy) is 1. The lowest BCUT2D eigenvalue weighted by molar-refractivity contribution is -0.118. The van der Waals surface area contributed by atoms with E-state index in [1.807, 2.05) is 59.2 Å². The maximum Gasteiger partial charge on any atom is 0.251 e. The third kappa shape index (κ3) is 3.73. The second kappa shape index (κ2) is 7.62. The lowest BCUT2D eigenvalue weighted by Gasteiger charge is -2.03. The Morgan fingerprint density at radius 2 is 1.92 bits per heavy atom. The van der Waals surface area contributed by atoms with Gasteiger partial charge in [0.25, 0.3) is 5.91 Å². The van der Waals surface area contributed by atoms with Crippen molar-refractivity contribution < 1.29 is 9.53 Å². The lowest BCUT2D eigenvalue weighted by Crippen LogP contribution is -2.17. The molecule has 2 aromatic carbocycles. The van der Waals surface area contributed by atoms with Gasteiger partial charge < -0.3 is 9.30 Å². The molecule has 0 fully saturated rings. The summed E-state index contributed by atoms with van der Waals surface area (Å²) in [5.41, 5.74) is 0.993. The van der Waals surface area contributed by atoms with Crippen LogP contribution in [0.5, 0.6) is 5.75 Å². The van der Waals surface area contributed by atoms with Crippen molar-refractivity contribution in [1.29, 1.82) is 0 Å². The number of aromatic nitrogens is 1. The summed E-state index contributed by atoms with van der Waals surface area (Å²) in [6.45, 7) is 0.684. The van der Waals surface area contributed by atoms with Gasteiger partial charge >= 0.3 is 0 Å². The van der Waals surface area contributed by atoms with Gasteiger partial charge in [0, 0.05) is 0 Å². The molecular formula is C19H16N2O2S. The van der Waals surface area contributed by atoms with E-state index in [0.717, 1.165) is 16.0 Å². The van der Waals surface area contributed by atoms with Crippen LogP contribution in [0.25, 0.3) is 10.2 Å². The molecular weight excluding hydrogens is 320 g/mol. The summed E-state index contributed by atoms with van der Waals surface area (Å²) in [6.07, 6.45) is 5.66. The van der Waals surface area contributed by atoms with Gasteiger partial charge in [-0.1, -0.05) is 47.6 Å². The van der Waals surface area contributed by atoms with Gasteiger partial charge in [0.2, 0.25) is 0 Å². The first kappa shape index (κ1) is 16.0. The Morgan fingerprint density at radius 3 is 2.71 bits per heavy atom. The number of carbonyl (C=O) groups is 1. The Bertz CT molecular complexity index is 949. The number of hydrogen-bond acceptors (Lipinski definition) is 3. The molecule has 0 saturated heterocycles. The van der Waals surface area contributed by atoms with E-state index < -0.39 is 0 Å². The van der Waals surface area contributed by atoms with E-state index >= 15 is 0 Å². The van der Waals surface area contributed by atoms with E-state index in [9.17, 15) is 4.79 Å². The summed E-state index contributed by atoms with van der Waals surface area (Å²) in [4.78, 5) is 17.0. The molecule has 0 spiro atoms. The predicted octanol–water partition coefficient (Wildman–Crippen LogP) is 3.23. The molecule has 0 atom stereocenters. The summed E-state index contributed by atoms with van der Waals surface area (Å²) in [7, 11) is 0. The van der Waals surface area contributed by atoms with E-state index in [1.165, 1.54) is 11.3 Å². The van der Waals surface area contributed by atoms with Gasteiger partial charge in [0.05, 0.1) is 29.8 Å². The SMILES string of the molecule is C#CCn1c(=NC(=O)CCOc2ccccc2)sc2ccccc21. The number of fused-ring (bicyclic) bond motifs is 1. The molecule has 0 aliphatic carbocycles. The molecule has 3 rings (SSSR count). The predicted molar refractivity (Wildman–Crippen MR) is 95.8 cm³/mol. The van der Waals surface area contributed by atoms with Crippen molar-refractivity contribution in [3.63, 3.8) is 0 Å². The Hall–Kier alpha value is -2.84. The molecule has 1 aromatic heterocycles. The Labute approximate surface area is 144 Å². The molecule has 0 unspecified atom stereocenters. The molecule has 24 heavy (non-hydrogen) atoms. The van der Waals surface area contributed by atoms with Crippen LogP contribution in [0.3, 0.4) is 0 Å². The molecule has 3 aromatic rings. The van der Waals surface area contributed by atoms with Crippen molar-refractivity contribution >= 4 is 27.5 Å². The summed E-state index contributed by atoms with van der Waals surface area (Å²) < 4.78 is 8.47. The van der Waals surface area contributed by atoms with E-state index in [4.69, 9.17) is 11.2 Å². The van der Waals surface area contributed by atoms with Crippen LogP contribution in [0.1, 0.15) is 6.42 Å². The second-order valence-corrected chi connectivity index (χ2v) is 6.07. The maximum absolute atomic E-state index is 12.1. The average Bonchev–Trinajstić information content (AvgIpc) is 2.94. The molecule has 0 saturated carbocycles. The minimum absolute atomic E-state index is 0.219. The molecule has 1 amide bonds. The number of terminal acetylenes is 1. The zero-order valence-electron chi connectivity index (χ0n) is 13.0. The fourth-order valence-electron chi connectivity index (χ4n) is 2.29. The number of thiazole rings is 1. The number of para-hydroxylation sites is 2. The van der Waals surface area contributed by atoms with Crippen molar-refractivity contribution in [2.45, 2.75) is 13.0 Å². The number of hydrogen-bond donors (Lipinski definition) is 0. The first-order chi connectivity index (χ1) is 11.8. The van der Waals surface area contributed by atoms with Crippen LogP contribution in [-0.2, 0) is 11.3 Å². The molecule has 1 heterocycles. The summed E-state index contributed by atoms with van der Waals surface area (Å²) >= 11 is 1.46. The van der Waals surface area contributed by atoms with Gasteiger partial charge in [0.1, 0.15) is 5.75 Å². The van der Waals surface area contributed by atoms with Crippen LogP contribution in [0.4, 0.5) is 0 Å². The van der Waals surface area contributed by atoms with Gasteiger partial charge in [-0.15, -0.1) is 6.42 Å². The van der Waals surface area contributed by atoms with Crippen LogP contribution in [0, 0.1) is 12.3 Å². The van der Waals surface area contributed by atoms with Crippen molar-refractivity contribution in [3.05, 3.63) is 59.4 Å². The maximum atomic E-state index is 12.1. The Kier molecular flexibility index (Phi) is 5.09. The quantitative estimate of drug-likeness (QED) is 0.672. The molecule has 0 aliphatic heterocycles. The van der Waals surface area contributed by atoms with Crippen LogP contribution >= 0.6 is 11.3 Å². The zero-order valence-corrected chi connectivity index (χ0v) is 13.8. The van der Waals surface area contributed by atoms with Crippen molar-refractivity contribution in [2.75, 3.05) is 6.61 Å². The molecule has 120 valence electrons. The van der Waals surface area contributed by atoms with E-state index in [1.54, 1.807) is 0 Å². The Morgan fingerprint density at radius 1 is 1.17 bits per heavy atom. The van der Waals surface area contributed by atoms with Gasteiger partial charge in [-0.2, -0.15) is 4.99 Å². The molecule has 5 heteroatoms. The first-order valence-electron chi connectivity index (χ1n) is 7.55. The third-order valence-corrected chi connectivity index (χ3v) is 4.45. The molecule has 0 N–H and O–H groups in total. The number of carbonyl (C=O) groups excluding carboxylic acids is 1. The van der Waals surface area contributed by atoms with Crippen LogP contribution in [-0.4, -0.2) is 17.1 Å². The van der Waals surface area contributed by atoms with E-state index in [-0.39, 0.29) is 12.3 Å². The van der Waals surface area contributed by atoms with Crippen LogP contribution in [0.15, 0.2) is 59.6 Å². The fourth-order valence-corrected chi connectivity index (χ4v) is 3.33. The van der Waals surface area contributed by atoms with Crippen molar-refractivity contribution in [1.82, 2.24) is 4.57 Å². The molecule has 0 aliphatic rings. The normalized spacial score (nSPS) is 11.4. The average molecular weight is 336 g/mol. The zero-order chi connectivity index (χ0) is 16.8. The van der Waals surface area contributed by atoms with Crippen LogP contribution in [0.2, 0.25) is 0 Å². The van der Waals surface area contributed by atoms with Gasteiger partial charge in [-0.25, -0.2) is 0 Å². The summed E-state index contributed by atoms with van der Waals surface area (Å²) in [6, 6.07) is 17.3. The smallest absolute Gasteiger partial charge is 0.251 e. The summed E-state index contributed by atoms with van der Waals surface area (Å²) in [5, 5.41) is 0. The standard InChI is InChI=1S/C19H16N2O2S/c1-2-13-21-16-10-6-7-11-17(16)24-19(21)20-18(22)12-14-23-15-8-4-3-5-9-15/h1,3-11H,12-14H2. The van der Waals surface area contributed by atoms with Gasteiger partial charge in [-0.05, 0) is 24.3 Å². The van der Waals surface area contributed by atoms with Crippen LogP contribution < -0.4 is 9.54 Å². The number of rotatable bonds is 5. The highest BCUT2D eigenvalue weighted by Crippen LogP contribution is 2.16. The fraction of sp³-hybridized carbons (Fsp3) is 0.158. The van der Waals surface area contributed by atoms with Crippen molar-refractivity contribution in [2.24, 2.45) is 4.99 Å². The van der Waals surface area contributed by atoms with Gasteiger partial charge in [-0.3, -0.25) is 4.79 Å². The highest BCUT2D eigenvalue weighted by Gasteiger charge is 2.07. The number of nitrogens with zero attached hydrogens (tertiary/aromatic N) is 2. The number of benzene rings is 2.